The van der Waals surface area contributed by atoms with Crippen molar-refractivity contribution in [2.24, 2.45) is 0 Å². The molecule has 0 aliphatic rings. The summed E-state index contributed by atoms with van der Waals surface area (Å²) in [6, 6.07) is 14.7. The lowest BCUT2D eigenvalue weighted by atomic mass is 10.0. The normalized spacial score (nSPS) is 12.3. The second-order valence-electron chi connectivity index (χ2n) is 7.70. The van der Waals surface area contributed by atoms with Gasteiger partial charge in [-0.15, -0.1) is 0 Å². The number of nitrogens with zero attached hydrogens (tertiary/aromatic N) is 2. The summed E-state index contributed by atoms with van der Waals surface area (Å²) < 4.78 is 33.2. The Balaban J connectivity index is 1.86. The lowest BCUT2D eigenvalue weighted by molar-refractivity contribution is 0.424. The van der Waals surface area contributed by atoms with E-state index in [1.165, 1.54) is 5.56 Å². The quantitative estimate of drug-likeness (QED) is 0.678. The minimum atomic E-state index is -3.64. The van der Waals surface area contributed by atoms with Gasteiger partial charge in [-0.3, -0.25) is 0 Å². The molecular weight excluding hydrogens is 374 g/mol. The Morgan fingerprint density at radius 1 is 1.04 bits per heavy atom. The molecular formula is C21H25N3O3S. The van der Waals surface area contributed by atoms with Crippen LogP contribution in [0.1, 0.15) is 44.6 Å². The molecule has 0 fully saturated rings. The fourth-order valence-electron chi connectivity index (χ4n) is 2.95. The van der Waals surface area contributed by atoms with Crippen LogP contribution in [0.4, 0.5) is 0 Å². The number of hydrogen-bond donors (Lipinski definition) is 1. The van der Waals surface area contributed by atoms with Crippen LogP contribution in [-0.4, -0.2) is 24.1 Å². The third-order valence-corrected chi connectivity index (χ3v) is 5.90. The first-order valence-electron chi connectivity index (χ1n) is 9.22. The van der Waals surface area contributed by atoms with E-state index in [2.05, 4.69) is 33.9 Å². The topological polar surface area (TPSA) is 85.1 Å². The monoisotopic (exact) mass is 399 g/mol. The van der Waals surface area contributed by atoms with Crippen molar-refractivity contribution in [1.82, 2.24) is 14.9 Å². The van der Waals surface area contributed by atoms with E-state index >= 15 is 0 Å². The molecule has 28 heavy (non-hydrogen) atoms. The highest BCUT2D eigenvalue weighted by Gasteiger charge is 2.23. The highest BCUT2D eigenvalue weighted by Crippen LogP contribution is 2.23. The van der Waals surface area contributed by atoms with Crippen molar-refractivity contribution >= 4 is 10.0 Å². The highest BCUT2D eigenvalue weighted by molar-refractivity contribution is 7.89. The van der Waals surface area contributed by atoms with Crippen LogP contribution in [0.15, 0.2) is 57.9 Å². The Bertz CT molecular complexity index is 1070. The standard InChI is InChI=1S/C21H25N3O3S/c1-5-15-9-6-7-10-16(15)14-19-22-20(27-23-19)17-11-8-12-18(13-17)28(25,26)24-21(2,3)4/h6-13,24H,5,14H2,1-4H3. The molecule has 0 saturated carbocycles. The molecule has 0 bridgehead atoms. The third kappa shape index (κ3) is 4.85. The molecule has 0 unspecified atom stereocenters. The number of benzene rings is 2. The second-order valence-corrected chi connectivity index (χ2v) is 9.38. The summed E-state index contributed by atoms with van der Waals surface area (Å²) in [5.74, 6) is 0.869. The van der Waals surface area contributed by atoms with Crippen molar-refractivity contribution in [2.45, 2.75) is 51.0 Å². The number of aromatic nitrogens is 2. The largest absolute Gasteiger partial charge is 0.334 e. The smallest absolute Gasteiger partial charge is 0.257 e. The van der Waals surface area contributed by atoms with Crippen LogP contribution in [0.3, 0.4) is 0 Å². The predicted octanol–water partition coefficient (Wildman–Crippen LogP) is 3.97. The molecule has 6 nitrogen and oxygen atoms in total. The van der Waals surface area contributed by atoms with Crippen LogP contribution in [0.25, 0.3) is 11.5 Å². The summed E-state index contributed by atoms with van der Waals surface area (Å²) >= 11 is 0. The van der Waals surface area contributed by atoms with Crippen molar-refractivity contribution < 1.29 is 12.9 Å². The van der Waals surface area contributed by atoms with Gasteiger partial charge in [0.25, 0.3) is 5.89 Å². The molecule has 0 atom stereocenters. The average Bonchev–Trinajstić information content (AvgIpc) is 3.09. The van der Waals surface area contributed by atoms with E-state index in [1.54, 1.807) is 45.0 Å². The number of hydrogen-bond acceptors (Lipinski definition) is 5. The Kier molecular flexibility index (Phi) is 5.67. The lowest BCUT2D eigenvalue weighted by Gasteiger charge is -2.20. The maximum Gasteiger partial charge on any atom is 0.257 e. The van der Waals surface area contributed by atoms with Crippen LogP contribution >= 0.6 is 0 Å². The van der Waals surface area contributed by atoms with E-state index in [4.69, 9.17) is 4.52 Å². The fraction of sp³-hybridized carbons (Fsp3) is 0.333. The minimum absolute atomic E-state index is 0.163. The summed E-state index contributed by atoms with van der Waals surface area (Å²) in [7, 11) is -3.64. The molecule has 0 radical (unpaired) electrons. The highest BCUT2D eigenvalue weighted by atomic mass is 32.2. The predicted molar refractivity (Wildman–Crippen MR) is 108 cm³/mol. The zero-order valence-electron chi connectivity index (χ0n) is 16.6. The van der Waals surface area contributed by atoms with Crippen molar-refractivity contribution in [3.63, 3.8) is 0 Å². The van der Waals surface area contributed by atoms with E-state index < -0.39 is 15.6 Å². The summed E-state index contributed by atoms with van der Waals surface area (Å²) in [5, 5.41) is 4.06. The summed E-state index contributed by atoms with van der Waals surface area (Å²) in [5.41, 5.74) is 2.40. The molecule has 7 heteroatoms. The van der Waals surface area contributed by atoms with Crippen LogP contribution < -0.4 is 4.72 Å². The number of sulfonamides is 1. The molecule has 1 N–H and O–H groups in total. The molecule has 3 aromatic rings. The number of nitrogens with one attached hydrogen (secondary N) is 1. The Labute approximate surface area is 166 Å². The second kappa shape index (κ2) is 7.85. The van der Waals surface area contributed by atoms with Crippen molar-refractivity contribution in [3.8, 4) is 11.5 Å². The Morgan fingerprint density at radius 3 is 2.43 bits per heavy atom. The maximum atomic E-state index is 12.6. The first-order valence-corrected chi connectivity index (χ1v) is 10.7. The molecule has 0 amide bonds. The summed E-state index contributed by atoms with van der Waals surface area (Å²) in [6.45, 7) is 7.50. The van der Waals surface area contributed by atoms with Gasteiger partial charge in [0.05, 0.1) is 4.90 Å². The van der Waals surface area contributed by atoms with Crippen molar-refractivity contribution in [3.05, 3.63) is 65.5 Å². The first kappa shape index (κ1) is 20.2. The zero-order valence-corrected chi connectivity index (χ0v) is 17.4. The van der Waals surface area contributed by atoms with E-state index in [9.17, 15) is 8.42 Å². The Hall–Kier alpha value is -2.51. The molecule has 1 aromatic heterocycles. The van der Waals surface area contributed by atoms with Crippen LogP contribution in [0.5, 0.6) is 0 Å². The SMILES string of the molecule is CCc1ccccc1Cc1noc(-c2cccc(S(=O)(=O)NC(C)(C)C)c2)n1. The van der Waals surface area contributed by atoms with Crippen LogP contribution in [-0.2, 0) is 22.9 Å². The molecule has 0 aliphatic carbocycles. The molecule has 0 saturated heterocycles. The summed E-state index contributed by atoms with van der Waals surface area (Å²) in [4.78, 5) is 4.62. The Morgan fingerprint density at radius 2 is 1.75 bits per heavy atom. The van der Waals surface area contributed by atoms with Crippen LogP contribution in [0.2, 0.25) is 0 Å². The van der Waals surface area contributed by atoms with Gasteiger partial charge in [0.15, 0.2) is 5.82 Å². The van der Waals surface area contributed by atoms with Gasteiger partial charge in [-0.25, -0.2) is 13.1 Å². The van der Waals surface area contributed by atoms with Crippen LogP contribution in [0, 0.1) is 0 Å². The van der Waals surface area contributed by atoms with E-state index in [0.29, 0.717) is 23.7 Å². The van der Waals surface area contributed by atoms with E-state index in [0.717, 1.165) is 12.0 Å². The first-order chi connectivity index (χ1) is 13.2. The van der Waals surface area contributed by atoms with Gasteiger partial charge in [0.2, 0.25) is 10.0 Å². The molecule has 0 spiro atoms. The van der Waals surface area contributed by atoms with Gasteiger partial charge in [0.1, 0.15) is 0 Å². The maximum absolute atomic E-state index is 12.6. The van der Waals surface area contributed by atoms with Gasteiger partial charge in [-0.1, -0.05) is 42.4 Å². The third-order valence-electron chi connectivity index (χ3n) is 4.15. The van der Waals surface area contributed by atoms with Crippen molar-refractivity contribution in [1.29, 1.82) is 0 Å². The van der Waals surface area contributed by atoms with E-state index in [1.807, 2.05) is 12.1 Å². The van der Waals surface area contributed by atoms with Gasteiger partial charge in [-0.05, 0) is 56.5 Å². The van der Waals surface area contributed by atoms with Gasteiger partial charge in [0, 0.05) is 17.5 Å². The average molecular weight is 400 g/mol. The molecule has 2 aromatic carbocycles. The minimum Gasteiger partial charge on any atom is -0.334 e. The molecule has 3 rings (SSSR count). The lowest BCUT2D eigenvalue weighted by Crippen LogP contribution is -2.40. The van der Waals surface area contributed by atoms with Gasteiger partial charge >= 0.3 is 0 Å². The molecule has 0 aliphatic heterocycles. The fourth-order valence-corrected chi connectivity index (χ4v) is 4.41. The number of aryl methyl sites for hydroxylation is 1. The summed E-state index contributed by atoms with van der Waals surface area (Å²) in [6.07, 6.45) is 1.50. The van der Waals surface area contributed by atoms with E-state index in [-0.39, 0.29) is 4.90 Å². The van der Waals surface area contributed by atoms with Gasteiger partial charge < -0.3 is 4.52 Å². The zero-order chi connectivity index (χ0) is 20.4. The molecule has 148 valence electrons. The van der Waals surface area contributed by atoms with Gasteiger partial charge in [-0.2, -0.15) is 4.98 Å². The van der Waals surface area contributed by atoms with Crippen molar-refractivity contribution in [2.75, 3.05) is 0 Å². The number of rotatable bonds is 6. The molecule has 1 heterocycles.